The van der Waals surface area contributed by atoms with Crippen molar-refractivity contribution in [1.29, 1.82) is 0 Å². The summed E-state index contributed by atoms with van der Waals surface area (Å²) in [6.45, 7) is 0. The molecule has 0 spiro atoms. The van der Waals surface area contributed by atoms with E-state index in [4.69, 9.17) is 4.74 Å². The van der Waals surface area contributed by atoms with Crippen LogP contribution < -0.4 is 4.74 Å². The number of fused-ring (bicyclic) bond motifs is 7. The Kier molecular flexibility index (Phi) is 2.95. The Labute approximate surface area is 162 Å². The van der Waals surface area contributed by atoms with Crippen molar-refractivity contribution in [3.8, 4) is 5.88 Å². The molecule has 0 N–H and O–H groups in total. The van der Waals surface area contributed by atoms with Crippen LogP contribution in [0, 0.1) is 0 Å². The summed E-state index contributed by atoms with van der Waals surface area (Å²) in [6, 6.07) is 22.5. The minimum atomic E-state index is 0.881. The molecule has 0 aliphatic heterocycles. The fourth-order valence-corrected chi connectivity index (χ4v) is 4.64. The Morgan fingerprint density at radius 1 is 0.607 bits per heavy atom. The van der Waals surface area contributed by atoms with Crippen LogP contribution in [-0.2, 0) is 14.1 Å². The normalized spacial score (nSPS) is 12.1. The first kappa shape index (κ1) is 15.6. The molecule has 2 heterocycles. The van der Waals surface area contributed by atoms with E-state index in [1.54, 1.807) is 7.11 Å². The number of benzene rings is 4. The molecular weight excluding hydrogens is 344 g/mol. The van der Waals surface area contributed by atoms with Gasteiger partial charge in [-0.15, -0.1) is 0 Å². The highest BCUT2D eigenvalue weighted by atomic mass is 16.5. The molecule has 3 heteroatoms. The SMILES string of the molecule is COc1cc2cc3c(ccc4c5cc6ccn(C)c6cc5ccc34)cc2n1C. The molecule has 0 bridgehead atoms. The average Bonchev–Trinajstić information content (AvgIpc) is 3.24. The Hall–Kier alpha value is -3.46. The van der Waals surface area contributed by atoms with Crippen LogP contribution in [0.4, 0.5) is 0 Å². The third kappa shape index (κ3) is 1.93. The maximum atomic E-state index is 5.51. The third-order valence-electron chi connectivity index (χ3n) is 6.17. The first-order chi connectivity index (χ1) is 13.6. The Balaban J connectivity index is 1.75. The van der Waals surface area contributed by atoms with E-state index in [0.717, 1.165) is 5.88 Å². The first-order valence-corrected chi connectivity index (χ1v) is 9.52. The van der Waals surface area contributed by atoms with E-state index < -0.39 is 0 Å². The van der Waals surface area contributed by atoms with Crippen molar-refractivity contribution in [2.75, 3.05) is 7.11 Å². The van der Waals surface area contributed by atoms with Gasteiger partial charge in [0.15, 0.2) is 5.88 Å². The van der Waals surface area contributed by atoms with Gasteiger partial charge in [0.05, 0.1) is 12.6 Å². The highest BCUT2D eigenvalue weighted by Gasteiger charge is 2.11. The van der Waals surface area contributed by atoms with Crippen LogP contribution >= 0.6 is 0 Å². The second-order valence-corrected chi connectivity index (χ2v) is 7.66. The fraction of sp³-hybridized carbons (Fsp3) is 0.120. The smallest absolute Gasteiger partial charge is 0.193 e. The van der Waals surface area contributed by atoms with Crippen LogP contribution in [0.3, 0.4) is 0 Å². The number of aromatic nitrogens is 2. The zero-order chi connectivity index (χ0) is 19.0. The van der Waals surface area contributed by atoms with Gasteiger partial charge in [-0.25, -0.2) is 0 Å². The number of hydrogen-bond donors (Lipinski definition) is 0. The molecule has 2 aromatic heterocycles. The topological polar surface area (TPSA) is 19.1 Å². The molecule has 0 aliphatic rings. The molecule has 136 valence electrons. The average molecular weight is 364 g/mol. The first-order valence-electron chi connectivity index (χ1n) is 9.52. The quantitative estimate of drug-likeness (QED) is 0.321. The maximum absolute atomic E-state index is 5.51. The minimum Gasteiger partial charge on any atom is -0.482 e. The van der Waals surface area contributed by atoms with E-state index in [9.17, 15) is 0 Å². The van der Waals surface area contributed by atoms with E-state index in [1.807, 2.05) is 7.05 Å². The minimum absolute atomic E-state index is 0.881. The lowest BCUT2D eigenvalue weighted by molar-refractivity contribution is 0.384. The molecule has 3 nitrogen and oxygen atoms in total. The highest BCUT2D eigenvalue weighted by Crippen LogP contribution is 2.36. The van der Waals surface area contributed by atoms with Gasteiger partial charge in [0.2, 0.25) is 0 Å². The highest BCUT2D eigenvalue weighted by molar-refractivity contribution is 6.20. The van der Waals surface area contributed by atoms with Crippen LogP contribution in [0.2, 0.25) is 0 Å². The number of nitrogens with zero attached hydrogens (tertiary/aromatic N) is 2. The third-order valence-corrected chi connectivity index (χ3v) is 6.17. The van der Waals surface area contributed by atoms with E-state index in [0.29, 0.717) is 0 Å². The second kappa shape index (κ2) is 5.29. The molecule has 0 unspecified atom stereocenters. The molecule has 0 saturated heterocycles. The van der Waals surface area contributed by atoms with Crippen molar-refractivity contribution in [1.82, 2.24) is 9.13 Å². The predicted octanol–water partition coefficient (Wildman–Crippen LogP) is 6.14. The second-order valence-electron chi connectivity index (χ2n) is 7.66. The number of aryl methyl sites for hydroxylation is 2. The lowest BCUT2D eigenvalue weighted by Gasteiger charge is -2.09. The lowest BCUT2D eigenvalue weighted by atomic mass is 9.95. The summed E-state index contributed by atoms with van der Waals surface area (Å²) in [5.41, 5.74) is 2.46. The molecule has 6 aromatic rings. The number of methoxy groups -OCH3 is 1. The summed E-state index contributed by atoms with van der Waals surface area (Å²) in [4.78, 5) is 0. The summed E-state index contributed by atoms with van der Waals surface area (Å²) in [5, 5.41) is 10.2. The molecule has 28 heavy (non-hydrogen) atoms. The van der Waals surface area contributed by atoms with Gasteiger partial charge in [-0.05, 0) is 62.6 Å². The Morgan fingerprint density at radius 2 is 1.25 bits per heavy atom. The van der Waals surface area contributed by atoms with Gasteiger partial charge >= 0.3 is 0 Å². The van der Waals surface area contributed by atoms with E-state index in [1.165, 1.54) is 54.1 Å². The monoisotopic (exact) mass is 364 g/mol. The van der Waals surface area contributed by atoms with Gasteiger partial charge in [-0.3, -0.25) is 0 Å². The van der Waals surface area contributed by atoms with Gasteiger partial charge in [0.1, 0.15) is 0 Å². The number of hydrogen-bond acceptors (Lipinski definition) is 1. The van der Waals surface area contributed by atoms with Gasteiger partial charge in [-0.2, -0.15) is 0 Å². The van der Waals surface area contributed by atoms with Crippen molar-refractivity contribution >= 4 is 54.1 Å². The van der Waals surface area contributed by atoms with E-state index >= 15 is 0 Å². The van der Waals surface area contributed by atoms with E-state index in [-0.39, 0.29) is 0 Å². The van der Waals surface area contributed by atoms with Crippen molar-refractivity contribution in [3.05, 3.63) is 66.9 Å². The Bertz CT molecular complexity index is 1570. The number of ether oxygens (including phenoxy) is 1. The van der Waals surface area contributed by atoms with Gasteiger partial charge in [0, 0.05) is 42.6 Å². The predicted molar refractivity (Wildman–Crippen MR) is 118 cm³/mol. The molecule has 0 radical (unpaired) electrons. The molecule has 0 aliphatic carbocycles. The van der Waals surface area contributed by atoms with Gasteiger partial charge in [0.25, 0.3) is 0 Å². The molecule has 4 aromatic carbocycles. The van der Waals surface area contributed by atoms with Gasteiger partial charge < -0.3 is 13.9 Å². The Morgan fingerprint density at radius 3 is 1.93 bits per heavy atom. The zero-order valence-electron chi connectivity index (χ0n) is 16.2. The van der Waals surface area contributed by atoms with Crippen LogP contribution in [-0.4, -0.2) is 16.2 Å². The summed E-state index contributed by atoms with van der Waals surface area (Å²) in [7, 11) is 5.87. The largest absolute Gasteiger partial charge is 0.482 e. The molecule has 6 rings (SSSR count). The van der Waals surface area contributed by atoms with Crippen LogP contribution in [0.25, 0.3) is 54.1 Å². The van der Waals surface area contributed by atoms with E-state index in [2.05, 4.69) is 83.0 Å². The van der Waals surface area contributed by atoms with Crippen LogP contribution in [0.15, 0.2) is 66.9 Å². The van der Waals surface area contributed by atoms with Crippen molar-refractivity contribution in [2.45, 2.75) is 0 Å². The number of rotatable bonds is 1. The summed E-state index contributed by atoms with van der Waals surface area (Å²) in [5.74, 6) is 0.881. The standard InChI is InChI=1S/C25H20N2O/c1-26-9-8-17-10-21-15(12-23(17)26)4-6-20-19(21)7-5-16-13-24-18(11-22(16)20)14-25(28-3)27(24)2/h4-14H,1-3H3. The maximum Gasteiger partial charge on any atom is 0.193 e. The van der Waals surface area contributed by atoms with Gasteiger partial charge in [-0.1, -0.05) is 24.3 Å². The fourth-order valence-electron chi connectivity index (χ4n) is 4.64. The lowest BCUT2D eigenvalue weighted by Crippen LogP contribution is -1.92. The van der Waals surface area contributed by atoms with Crippen LogP contribution in [0.5, 0.6) is 5.88 Å². The summed E-state index contributed by atoms with van der Waals surface area (Å²) in [6.07, 6.45) is 2.13. The molecule has 0 atom stereocenters. The molecular formula is C25H20N2O. The zero-order valence-corrected chi connectivity index (χ0v) is 16.2. The molecule has 0 saturated carbocycles. The summed E-state index contributed by atoms with van der Waals surface area (Å²) < 4.78 is 9.79. The van der Waals surface area contributed by atoms with Crippen molar-refractivity contribution in [2.24, 2.45) is 14.1 Å². The van der Waals surface area contributed by atoms with Crippen molar-refractivity contribution in [3.63, 3.8) is 0 Å². The van der Waals surface area contributed by atoms with Crippen molar-refractivity contribution < 1.29 is 4.74 Å². The summed E-state index contributed by atoms with van der Waals surface area (Å²) >= 11 is 0. The molecule has 0 fully saturated rings. The molecule has 0 amide bonds. The van der Waals surface area contributed by atoms with Crippen LogP contribution in [0.1, 0.15) is 0 Å².